The van der Waals surface area contributed by atoms with Gasteiger partial charge in [-0.05, 0) is 90.0 Å². The van der Waals surface area contributed by atoms with Crippen LogP contribution in [-0.4, -0.2) is 82.3 Å². The first-order valence-corrected chi connectivity index (χ1v) is 15.9. The molecule has 6 rings (SSSR count). The zero-order chi connectivity index (χ0) is 31.6. The van der Waals surface area contributed by atoms with E-state index in [2.05, 4.69) is 20.2 Å². The number of benzene rings is 1. The third-order valence-corrected chi connectivity index (χ3v) is 8.64. The predicted molar refractivity (Wildman–Crippen MR) is 166 cm³/mol. The summed E-state index contributed by atoms with van der Waals surface area (Å²) in [6.07, 6.45) is 10.0. The zero-order valence-corrected chi connectivity index (χ0v) is 26.6. The Morgan fingerprint density at radius 1 is 1.07 bits per heavy atom. The van der Waals surface area contributed by atoms with E-state index in [0.29, 0.717) is 47.1 Å². The van der Waals surface area contributed by atoms with Crippen LogP contribution in [0, 0.1) is 5.82 Å². The molecule has 2 saturated heterocycles. The first-order chi connectivity index (χ1) is 21.7. The van der Waals surface area contributed by atoms with Crippen molar-refractivity contribution in [1.82, 2.24) is 24.9 Å². The van der Waals surface area contributed by atoms with Gasteiger partial charge in [0.15, 0.2) is 12.6 Å². The number of anilines is 1. The van der Waals surface area contributed by atoms with E-state index in [4.69, 9.17) is 18.9 Å². The summed E-state index contributed by atoms with van der Waals surface area (Å²) in [5.41, 5.74) is 1.38. The van der Waals surface area contributed by atoms with Gasteiger partial charge in [0.25, 0.3) is 0 Å². The van der Waals surface area contributed by atoms with Crippen LogP contribution in [0.25, 0.3) is 22.4 Å². The van der Waals surface area contributed by atoms with Gasteiger partial charge in [0.2, 0.25) is 0 Å². The van der Waals surface area contributed by atoms with Crippen molar-refractivity contribution in [3.63, 3.8) is 0 Å². The summed E-state index contributed by atoms with van der Waals surface area (Å²) in [5, 5.41) is 13.4. The van der Waals surface area contributed by atoms with Gasteiger partial charge in [-0.2, -0.15) is 5.10 Å². The molecule has 0 bridgehead atoms. The maximum Gasteiger partial charge on any atom is 0.410 e. The highest BCUT2D eigenvalue weighted by Gasteiger charge is 2.40. The minimum Gasteiger partial charge on any atom is -0.467 e. The molecule has 3 aliphatic rings. The van der Waals surface area contributed by atoms with Crippen molar-refractivity contribution in [2.45, 2.75) is 89.6 Å². The number of nitrogens with zero attached hydrogens (tertiary/aromatic N) is 6. The number of methoxy groups -OCH3 is 1. The standard InChI is InChI=1S/C33H43FN6O5/c1-33(2,3)45-32(41)40(23-8-7-9-23)24-13-14-38(20-24)30-12-11-28(36-37-30)26-16-27(34)25(17-29(26)44-21-42-4)22-18-35-39(19-22)31-10-5-6-15-43-31/h11-12,16-19,23-24,31H,5-10,13-15,20-21H2,1-4H3/t24-,31?/m0/s1. The largest absolute Gasteiger partial charge is 0.467 e. The van der Waals surface area contributed by atoms with E-state index < -0.39 is 11.4 Å². The van der Waals surface area contributed by atoms with Crippen LogP contribution in [0.15, 0.2) is 36.7 Å². The molecule has 0 radical (unpaired) electrons. The van der Waals surface area contributed by atoms with Crippen molar-refractivity contribution in [3.8, 4) is 28.1 Å². The topological polar surface area (TPSA) is 104 Å². The predicted octanol–water partition coefficient (Wildman–Crippen LogP) is 6.20. The van der Waals surface area contributed by atoms with Gasteiger partial charge >= 0.3 is 6.09 Å². The third kappa shape index (κ3) is 7.06. The lowest BCUT2D eigenvalue weighted by atomic mass is 9.90. The van der Waals surface area contributed by atoms with Gasteiger partial charge in [0.1, 0.15) is 23.4 Å². The molecule has 11 nitrogen and oxygen atoms in total. The van der Waals surface area contributed by atoms with Crippen LogP contribution in [0.1, 0.15) is 71.9 Å². The second kappa shape index (κ2) is 13.3. The van der Waals surface area contributed by atoms with Gasteiger partial charge in [-0.25, -0.2) is 13.9 Å². The van der Waals surface area contributed by atoms with E-state index in [-0.39, 0.29) is 31.2 Å². The molecule has 2 atom stereocenters. The molecule has 1 amide bonds. The van der Waals surface area contributed by atoms with Gasteiger partial charge in [-0.3, -0.25) is 0 Å². The Balaban J connectivity index is 1.19. The Hall–Kier alpha value is -3.77. The number of ether oxygens (including phenoxy) is 4. The summed E-state index contributed by atoms with van der Waals surface area (Å²) >= 11 is 0. The van der Waals surface area contributed by atoms with Crippen molar-refractivity contribution < 1.29 is 28.1 Å². The molecular formula is C33H43FN6O5. The van der Waals surface area contributed by atoms with E-state index in [0.717, 1.165) is 51.5 Å². The molecule has 242 valence electrons. The number of aromatic nitrogens is 4. The zero-order valence-electron chi connectivity index (χ0n) is 26.6. The Labute approximate surface area is 263 Å². The quantitative estimate of drug-likeness (QED) is 0.258. The van der Waals surface area contributed by atoms with E-state index in [1.807, 2.05) is 37.8 Å². The normalized spacial score (nSPS) is 20.6. The van der Waals surface area contributed by atoms with E-state index in [1.165, 1.54) is 13.2 Å². The minimum absolute atomic E-state index is 0.0108. The highest BCUT2D eigenvalue weighted by atomic mass is 19.1. The smallest absolute Gasteiger partial charge is 0.410 e. The lowest BCUT2D eigenvalue weighted by Gasteiger charge is -2.41. The number of carbonyl (C=O) groups is 1. The van der Waals surface area contributed by atoms with Gasteiger partial charge in [-0.15, -0.1) is 10.2 Å². The molecule has 2 aromatic heterocycles. The lowest BCUT2D eigenvalue weighted by Crippen LogP contribution is -2.52. The molecule has 1 aromatic carbocycles. The molecule has 45 heavy (non-hydrogen) atoms. The molecule has 1 aliphatic carbocycles. The summed E-state index contributed by atoms with van der Waals surface area (Å²) in [7, 11) is 1.53. The molecule has 0 spiro atoms. The third-order valence-electron chi connectivity index (χ3n) is 8.64. The number of carbonyl (C=O) groups excluding carboxylic acids is 1. The molecule has 3 aromatic rings. The van der Waals surface area contributed by atoms with Crippen LogP contribution in [0.4, 0.5) is 15.0 Å². The van der Waals surface area contributed by atoms with Gasteiger partial charge in [0, 0.05) is 55.7 Å². The average molecular weight is 623 g/mol. The molecule has 3 fully saturated rings. The van der Waals surface area contributed by atoms with Crippen molar-refractivity contribution in [2.24, 2.45) is 0 Å². The first-order valence-electron chi connectivity index (χ1n) is 15.9. The molecule has 2 aliphatic heterocycles. The van der Waals surface area contributed by atoms with Crippen LogP contribution in [0.3, 0.4) is 0 Å². The van der Waals surface area contributed by atoms with E-state index in [9.17, 15) is 4.79 Å². The molecule has 12 heteroatoms. The van der Waals surface area contributed by atoms with Crippen LogP contribution in [0.5, 0.6) is 5.75 Å². The first kappa shape index (κ1) is 31.2. The minimum atomic E-state index is -0.548. The number of rotatable bonds is 9. The number of amides is 1. The highest BCUT2D eigenvalue weighted by molar-refractivity contribution is 5.75. The van der Waals surface area contributed by atoms with Crippen LogP contribution >= 0.6 is 0 Å². The van der Waals surface area contributed by atoms with E-state index in [1.54, 1.807) is 23.1 Å². The van der Waals surface area contributed by atoms with Crippen molar-refractivity contribution in [1.29, 1.82) is 0 Å². The second-order valence-corrected chi connectivity index (χ2v) is 13.0. The molecule has 1 saturated carbocycles. The van der Waals surface area contributed by atoms with Gasteiger partial charge in [-0.1, -0.05) is 0 Å². The van der Waals surface area contributed by atoms with Crippen molar-refractivity contribution in [2.75, 3.05) is 38.5 Å². The van der Waals surface area contributed by atoms with Crippen molar-refractivity contribution in [3.05, 3.63) is 42.5 Å². The maximum absolute atomic E-state index is 15.6. The fourth-order valence-corrected chi connectivity index (χ4v) is 6.17. The Kier molecular flexibility index (Phi) is 9.23. The second-order valence-electron chi connectivity index (χ2n) is 13.0. The Bertz CT molecular complexity index is 1470. The maximum atomic E-state index is 15.6. The van der Waals surface area contributed by atoms with E-state index >= 15 is 4.39 Å². The number of halogens is 1. The monoisotopic (exact) mass is 622 g/mol. The summed E-state index contributed by atoms with van der Waals surface area (Å²) in [6, 6.07) is 7.03. The van der Waals surface area contributed by atoms with Crippen molar-refractivity contribution >= 4 is 11.9 Å². The number of hydrogen-bond acceptors (Lipinski definition) is 9. The summed E-state index contributed by atoms with van der Waals surface area (Å²) < 4.78 is 40.0. The van der Waals surface area contributed by atoms with Crippen LogP contribution in [-0.2, 0) is 14.2 Å². The number of hydrogen-bond donors (Lipinski definition) is 0. The summed E-state index contributed by atoms with van der Waals surface area (Å²) in [5.74, 6) is 0.699. The SMILES string of the molecule is COCOc1cc(-c2cnn(C3CCCCO3)c2)c(F)cc1-c1ccc(N2CC[C@H](N(C(=O)OC(C)(C)C)C3CCC3)C2)nn1. The molecule has 4 heterocycles. The highest BCUT2D eigenvalue weighted by Crippen LogP contribution is 2.37. The fraction of sp³-hybridized carbons (Fsp3) is 0.576. The summed E-state index contributed by atoms with van der Waals surface area (Å²) in [4.78, 5) is 17.2. The fourth-order valence-electron chi connectivity index (χ4n) is 6.17. The van der Waals surface area contributed by atoms with Gasteiger partial charge < -0.3 is 28.7 Å². The molecule has 0 N–H and O–H groups in total. The van der Waals surface area contributed by atoms with Crippen LogP contribution < -0.4 is 9.64 Å². The molecule has 1 unspecified atom stereocenters. The lowest BCUT2D eigenvalue weighted by molar-refractivity contribution is -0.0394. The van der Waals surface area contributed by atoms with Gasteiger partial charge in [0.05, 0.1) is 17.9 Å². The Morgan fingerprint density at radius 3 is 2.58 bits per heavy atom. The summed E-state index contributed by atoms with van der Waals surface area (Å²) in [6.45, 7) is 7.77. The average Bonchev–Trinajstić information content (AvgIpc) is 3.69. The molecular weight excluding hydrogens is 579 g/mol. The van der Waals surface area contributed by atoms with Crippen LogP contribution in [0.2, 0.25) is 0 Å². The Morgan fingerprint density at radius 2 is 1.91 bits per heavy atom.